The van der Waals surface area contributed by atoms with E-state index in [1.807, 2.05) is 0 Å². The van der Waals surface area contributed by atoms with Gasteiger partial charge in [-0.05, 0) is 48.3 Å². The topological polar surface area (TPSA) is 35.5 Å². The molecule has 4 rings (SSSR count). The standard InChI is InChI=1S/C20H32O3/c1-13-11-14(21)12-16-15(13)5-6-17-18(2,3)20(22-9-10-23-20)8-7-19(16,17)4/h13,15-17H,5-12H2,1-4H3/t13?,15-,16-,17-,19+/m0/s1. The van der Waals surface area contributed by atoms with Crippen LogP contribution in [0.15, 0.2) is 0 Å². The summed E-state index contributed by atoms with van der Waals surface area (Å²) < 4.78 is 12.4. The zero-order valence-electron chi connectivity index (χ0n) is 15.2. The molecule has 1 aliphatic heterocycles. The SMILES string of the molecule is CC1CC(=O)C[C@H]2[C@H]1CC[C@H]1C(C)(C)C3(CC[C@]21C)OCCO3. The molecule has 3 saturated carbocycles. The monoisotopic (exact) mass is 320 g/mol. The smallest absolute Gasteiger partial charge is 0.173 e. The minimum atomic E-state index is -0.381. The summed E-state index contributed by atoms with van der Waals surface area (Å²) in [6, 6.07) is 0. The minimum Gasteiger partial charge on any atom is -0.347 e. The Morgan fingerprint density at radius 1 is 1.00 bits per heavy atom. The van der Waals surface area contributed by atoms with E-state index in [1.165, 1.54) is 12.8 Å². The fourth-order valence-corrected chi connectivity index (χ4v) is 7.08. The summed E-state index contributed by atoms with van der Waals surface area (Å²) in [4.78, 5) is 12.3. The van der Waals surface area contributed by atoms with E-state index >= 15 is 0 Å². The van der Waals surface area contributed by atoms with Crippen molar-refractivity contribution >= 4 is 5.78 Å². The molecule has 4 aliphatic rings. The van der Waals surface area contributed by atoms with Crippen molar-refractivity contribution in [2.45, 2.75) is 72.0 Å². The van der Waals surface area contributed by atoms with E-state index in [-0.39, 0.29) is 16.6 Å². The largest absolute Gasteiger partial charge is 0.347 e. The lowest BCUT2D eigenvalue weighted by atomic mass is 9.42. The lowest BCUT2D eigenvalue weighted by molar-refractivity contribution is -0.298. The second-order valence-corrected chi connectivity index (χ2v) is 9.50. The lowest BCUT2D eigenvalue weighted by Gasteiger charge is -2.64. The van der Waals surface area contributed by atoms with Gasteiger partial charge < -0.3 is 9.47 Å². The number of Topliss-reactive ketones (excluding diaryl/α,β-unsaturated/α-hetero) is 1. The fraction of sp³-hybridized carbons (Fsp3) is 0.950. The molecule has 3 nitrogen and oxygen atoms in total. The van der Waals surface area contributed by atoms with Crippen LogP contribution in [-0.2, 0) is 14.3 Å². The van der Waals surface area contributed by atoms with Gasteiger partial charge in [-0.2, -0.15) is 0 Å². The van der Waals surface area contributed by atoms with E-state index in [1.54, 1.807) is 0 Å². The van der Waals surface area contributed by atoms with Crippen LogP contribution in [0.5, 0.6) is 0 Å². The molecule has 1 spiro atoms. The van der Waals surface area contributed by atoms with Crippen molar-refractivity contribution in [3.05, 3.63) is 0 Å². The van der Waals surface area contributed by atoms with Gasteiger partial charge in [0.2, 0.25) is 0 Å². The number of ketones is 1. The van der Waals surface area contributed by atoms with Crippen LogP contribution in [0.1, 0.15) is 66.2 Å². The van der Waals surface area contributed by atoms with Crippen LogP contribution in [0.3, 0.4) is 0 Å². The third-order valence-electron chi connectivity index (χ3n) is 8.28. The summed E-state index contributed by atoms with van der Waals surface area (Å²) in [5, 5.41) is 0. The van der Waals surface area contributed by atoms with E-state index < -0.39 is 0 Å². The van der Waals surface area contributed by atoms with Gasteiger partial charge in [-0.1, -0.05) is 27.7 Å². The Hall–Kier alpha value is -0.410. The van der Waals surface area contributed by atoms with Crippen molar-refractivity contribution in [1.82, 2.24) is 0 Å². The first kappa shape index (κ1) is 16.1. The van der Waals surface area contributed by atoms with Crippen molar-refractivity contribution < 1.29 is 14.3 Å². The van der Waals surface area contributed by atoms with Gasteiger partial charge in [0.05, 0.1) is 13.2 Å². The molecule has 0 aromatic heterocycles. The average molecular weight is 320 g/mol. The highest BCUT2D eigenvalue weighted by atomic mass is 16.7. The molecular formula is C20H32O3. The lowest BCUT2D eigenvalue weighted by Crippen LogP contribution is -2.63. The predicted molar refractivity (Wildman–Crippen MR) is 88.9 cm³/mol. The quantitative estimate of drug-likeness (QED) is 0.671. The van der Waals surface area contributed by atoms with Crippen LogP contribution in [0.2, 0.25) is 0 Å². The Kier molecular flexibility index (Phi) is 3.53. The van der Waals surface area contributed by atoms with Gasteiger partial charge in [0.15, 0.2) is 5.79 Å². The van der Waals surface area contributed by atoms with Crippen molar-refractivity contribution in [2.75, 3.05) is 13.2 Å². The summed E-state index contributed by atoms with van der Waals surface area (Å²) >= 11 is 0. The van der Waals surface area contributed by atoms with E-state index in [2.05, 4.69) is 27.7 Å². The summed E-state index contributed by atoms with van der Waals surface area (Å²) in [7, 11) is 0. The molecule has 1 heterocycles. The number of fused-ring (bicyclic) bond motifs is 3. The van der Waals surface area contributed by atoms with Gasteiger partial charge in [-0.3, -0.25) is 4.79 Å². The molecule has 1 unspecified atom stereocenters. The first-order chi connectivity index (χ1) is 10.8. The maximum atomic E-state index is 12.3. The van der Waals surface area contributed by atoms with Gasteiger partial charge in [0.1, 0.15) is 5.78 Å². The second kappa shape index (κ2) is 5.05. The summed E-state index contributed by atoms with van der Waals surface area (Å²) in [5.74, 6) is 2.57. The Bertz CT molecular complexity index is 505. The van der Waals surface area contributed by atoms with Crippen molar-refractivity contribution in [3.63, 3.8) is 0 Å². The van der Waals surface area contributed by atoms with Gasteiger partial charge in [0, 0.05) is 24.7 Å². The van der Waals surface area contributed by atoms with Crippen molar-refractivity contribution in [2.24, 2.45) is 34.5 Å². The number of rotatable bonds is 0. The van der Waals surface area contributed by atoms with Crippen LogP contribution in [0.25, 0.3) is 0 Å². The van der Waals surface area contributed by atoms with Gasteiger partial charge >= 0.3 is 0 Å². The summed E-state index contributed by atoms with van der Waals surface area (Å²) in [6.07, 6.45) is 6.28. The first-order valence-corrected chi connectivity index (χ1v) is 9.60. The zero-order valence-corrected chi connectivity index (χ0v) is 15.2. The molecule has 3 aliphatic carbocycles. The third kappa shape index (κ3) is 2.05. The zero-order chi connectivity index (χ0) is 16.5. The number of hydrogen-bond donors (Lipinski definition) is 0. The van der Waals surface area contributed by atoms with Crippen molar-refractivity contribution in [3.8, 4) is 0 Å². The van der Waals surface area contributed by atoms with Gasteiger partial charge in [-0.15, -0.1) is 0 Å². The van der Waals surface area contributed by atoms with Crippen LogP contribution < -0.4 is 0 Å². The van der Waals surface area contributed by atoms with E-state index in [0.717, 1.165) is 44.8 Å². The van der Waals surface area contributed by atoms with E-state index in [9.17, 15) is 4.79 Å². The first-order valence-electron chi connectivity index (χ1n) is 9.60. The molecule has 0 amide bonds. The highest BCUT2D eigenvalue weighted by Gasteiger charge is 2.65. The molecule has 0 N–H and O–H groups in total. The Labute approximate surface area is 140 Å². The molecule has 23 heavy (non-hydrogen) atoms. The number of carbonyl (C=O) groups is 1. The number of ether oxygens (including phenoxy) is 2. The molecule has 0 aromatic carbocycles. The molecule has 3 heteroatoms. The van der Waals surface area contributed by atoms with Crippen molar-refractivity contribution in [1.29, 1.82) is 0 Å². The van der Waals surface area contributed by atoms with Crippen LogP contribution in [-0.4, -0.2) is 24.8 Å². The van der Waals surface area contributed by atoms with Crippen LogP contribution >= 0.6 is 0 Å². The average Bonchev–Trinajstić information content (AvgIpc) is 2.95. The molecule has 130 valence electrons. The summed E-state index contributed by atoms with van der Waals surface area (Å²) in [6.45, 7) is 11.0. The molecule has 0 radical (unpaired) electrons. The predicted octanol–water partition coefficient (Wildman–Crippen LogP) is 4.20. The van der Waals surface area contributed by atoms with Gasteiger partial charge in [-0.25, -0.2) is 0 Å². The highest BCUT2D eigenvalue weighted by molar-refractivity contribution is 5.80. The molecule has 0 bridgehead atoms. The summed E-state index contributed by atoms with van der Waals surface area (Å²) in [5.41, 5.74) is 0.280. The van der Waals surface area contributed by atoms with Gasteiger partial charge in [0.25, 0.3) is 0 Å². The molecular weight excluding hydrogens is 288 g/mol. The Balaban J connectivity index is 1.70. The normalized spacial score (nSPS) is 48.1. The molecule has 4 fully saturated rings. The fourth-order valence-electron chi connectivity index (χ4n) is 7.08. The highest BCUT2D eigenvalue weighted by Crippen LogP contribution is 2.67. The second-order valence-electron chi connectivity index (χ2n) is 9.50. The third-order valence-corrected chi connectivity index (χ3v) is 8.28. The molecule has 0 aromatic rings. The van der Waals surface area contributed by atoms with Crippen LogP contribution in [0, 0.1) is 34.5 Å². The number of carbonyl (C=O) groups excluding carboxylic acids is 1. The Morgan fingerprint density at radius 2 is 1.70 bits per heavy atom. The van der Waals surface area contributed by atoms with Crippen LogP contribution in [0.4, 0.5) is 0 Å². The molecule has 5 atom stereocenters. The maximum Gasteiger partial charge on any atom is 0.173 e. The van der Waals surface area contributed by atoms with E-state index in [4.69, 9.17) is 9.47 Å². The van der Waals surface area contributed by atoms with E-state index in [0.29, 0.717) is 23.5 Å². The number of hydrogen-bond acceptors (Lipinski definition) is 3. The molecule has 1 saturated heterocycles. The Morgan fingerprint density at radius 3 is 2.39 bits per heavy atom. The minimum absolute atomic E-state index is 0.0191. The maximum absolute atomic E-state index is 12.3.